The van der Waals surface area contributed by atoms with Gasteiger partial charge in [0.15, 0.2) is 0 Å². The maximum absolute atomic E-state index is 11.9. The number of nitrogens with zero attached hydrogens (tertiary/aromatic N) is 1. The van der Waals surface area contributed by atoms with E-state index in [-0.39, 0.29) is 18.2 Å². The summed E-state index contributed by atoms with van der Waals surface area (Å²) in [6, 6.07) is 0. The SMILES string of the molecule is C#CCCCCC(=O)N1CCCC(CC(=O)O)C1. The van der Waals surface area contributed by atoms with E-state index in [0.717, 1.165) is 38.6 Å². The van der Waals surface area contributed by atoms with Gasteiger partial charge in [0, 0.05) is 32.4 Å². The molecule has 0 bridgehead atoms. The Morgan fingerprint density at radius 1 is 1.39 bits per heavy atom. The van der Waals surface area contributed by atoms with Crippen LogP contribution in [0.25, 0.3) is 0 Å². The molecule has 0 aromatic rings. The van der Waals surface area contributed by atoms with Crippen LogP contribution >= 0.6 is 0 Å². The van der Waals surface area contributed by atoms with E-state index in [4.69, 9.17) is 11.5 Å². The van der Waals surface area contributed by atoms with E-state index in [2.05, 4.69) is 5.92 Å². The molecule has 1 aliphatic heterocycles. The number of carboxylic acids is 1. The monoisotopic (exact) mass is 251 g/mol. The zero-order chi connectivity index (χ0) is 13.4. The van der Waals surface area contributed by atoms with Crippen LogP contribution in [0.1, 0.15) is 44.9 Å². The third kappa shape index (κ3) is 5.22. The van der Waals surface area contributed by atoms with Crippen LogP contribution < -0.4 is 0 Å². The quantitative estimate of drug-likeness (QED) is 0.579. The summed E-state index contributed by atoms with van der Waals surface area (Å²) in [7, 11) is 0. The molecule has 1 saturated heterocycles. The molecule has 1 amide bonds. The Morgan fingerprint density at radius 3 is 2.83 bits per heavy atom. The van der Waals surface area contributed by atoms with E-state index in [9.17, 15) is 9.59 Å². The summed E-state index contributed by atoms with van der Waals surface area (Å²) in [5.41, 5.74) is 0. The average molecular weight is 251 g/mol. The third-order valence-electron chi connectivity index (χ3n) is 3.30. The molecule has 18 heavy (non-hydrogen) atoms. The maximum atomic E-state index is 11.9. The lowest BCUT2D eigenvalue weighted by molar-refractivity contribution is -0.140. The highest BCUT2D eigenvalue weighted by molar-refractivity contribution is 5.76. The van der Waals surface area contributed by atoms with Gasteiger partial charge >= 0.3 is 5.97 Å². The number of hydrogen-bond donors (Lipinski definition) is 1. The van der Waals surface area contributed by atoms with Crippen molar-refractivity contribution < 1.29 is 14.7 Å². The van der Waals surface area contributed by atoms with Gasteiger partial charge in [-0.1, -0.05) is 0 Å². The first-order valence-electron chi connectivity index (χ1n) is 6.56. The van der Waals surface area contributed by atoms with Crippen molar-refractivity contribution in [3.63, 3.8) is 0 Å². The fourth-order valence-electron chi connectivity index (χ4n) is 2.37. The van der Waals surface area contributed by atoms with Crippen LogP contribution in [0, 0.1) is 18.3 Å². The standard InChI is InChI=1S/C14H21NO3/c1-2-3-4-5-8-13(16)15-9-6-7-12(11-15)10-14(17)18/h1,12H,3-11H2,(H,17,18). The van der Waals surface area contributed by atoms with Gasteiger partial charge in [-0.2, -0.15) is 0 Å². The van der Waals surface area contributed by atoms with Crippen molar-refractivity contribution in [1.29, 1.82) is 0 Å². The molecule has 0 radical (unpaired) electrons. The van der Waals surface area contributed by atoms with Crippen molar-refractivity contribution in [2.24, 2.45) is 5.92 Å². The van der Waals surface area contributed by atoms with Crippen molar-refractivity contribution in [3.05, 3.63) is 0 Å². The fourth-order valence-corrected chi connectivity index (χ4v) is 2.37. The van der Waals surface area contributed by atoms with Crippen LogP contribution in [-0.2, 0) is 9.59 Å². The van der Waals surface area contributed by atoms with Crippen LogP contribution in [0.2, 0.25) is 0 Å². The summed E-state index contributed by atoms with van der Waals surface area (Å²) in [6.45, 7) is 1.37. The van der Waals surface area contributed by atoms with E-state index >= 15 is 0 Å². The highest BCUT2D eigenvalue weighted by Crippen LogP contribution is 2.20. The van der Waals surface area contributed by atoms with Gasteiger partial charge in [-0.25, -0.2) is 0 Å². The predicted octanol–water partition coefficient (Wildman–Crippen LogP) is 1.89. The van der Waals surface area contributed by atoms with Crippen molar-refractivity contribution in [3.8, 4) is 12.3 Å². The van der Waals surface area contributed by atoms with Crippen LogP contribution in [-0.4, -0.2) is 35.0 Å². The van der Waals surface area contributed by atoms with Gasteiger partial charge in [0.25, 0.3) is 0 Å². The number of carbonyl (C=O) groups is 2. The van der Waals surface area contributed by atoms with Crippen molar-refractivity contribution in [1.82, 2.24) is 4.90 Å². The second kappa shape index (κ2) is 7.75. The average Bonchev–Trinajstić information content (AvgIpc) is 2.34. The van der Waals surface area contributed by atoms with Crippen LogP contribution in [0.5, 0.6) is 0 Å². The van der Waals surface area contributed by atoms with Crippen molar-refractivity contribution >= 4 is 11.9 Å². The molecule has 4 nitrogen and oxygen atoms in total. The minimum absolute atomic E-state index is 0.117. The van der Waals surface area contributed by atoms with Gasteiger partial charge in [-0.15, -0.1) is 12.3 Å². The van der Waals surface area contributed by atoms with Crippen molar-refractivity contribution in [2.45, 2.75) is 44.9 Å². The lowest BCUT2D eigenvalue weighted by Crippen LogP contribution is -2.40. The second-order valence-electron chi connectivity index (χ2n) is 4.86. The number of piperidine rings is 1. The minimum atomic E-state index is -0.775. The van der Waals surface area contributed by atoms with Gasteiger partial charge in [-0.3, -0.25) is 9.59 Å². The Bertz CT molecular complexity index is 332. The number of aliphatic carboxylic acids is 1. The molecule has 0 aliphatic carbocycles. The van der Waals surface area contributed by atoms with E-state index < -0.39 is 5.97 Å². The summed E-state index contributed by atoms with van der Waals surface area (Å²) < 4.78 is 0. The molecule has 0 aromatic carbocycles. The highest BCUT2D eigenvalue weighted by Gasteiger charge is 2.24. The molecule has 0 aromatic heterocycles. The third-order valence-corrected chi connectivity index (χ3v) is 3.30. The molecular formula is C14H21NO3. The number of hydrogen-bond acceptors (Lipinski definition) is 2. The zero-order valence-electron chi connectivity index (χ0n) is 10.7. The van der Waals surface area contributed by atoms with Gasteiger partial charge < -0.3 is 10.0 Å². The normalized spacial score (nSPS) is 19.3. The van der Waals surface area contributed by atoms with Crippen LogP contribution in [0.3, 0.4) is 0 Å². The smallest absolute Gasteiger partial charge is 0.303 e. The number of terminal acetylenes is 1. The molecule has 1 unspecified atom stereocenters. The Balaban J connectivity index is 2.29. The minimum Gasteiger partial charge on any atom is -0.481 e. The Kier molecular flexibility index (Phi) is 6.27. The molecule has 1 aliphatic rings. The summed E-state index contributed by atoms with van der Waals surface area (Å²) in [4.78, 5) is 24.4. The molecule has 0 spiro atoms. The first-order chi connectivity index (χ1) is 8.63. The lowest BCUT2D eigenvalue weighted by atomic mass is 9.94. The van der Waals surface area contributed by atoms with Gasteiger partial charge in [0.1, 0.15) is 0 Å². The van der Waals surface area contributed by atoms with Gasteiger partial charge in [0.2, 0.25) is 5.91 Å². The van der Waals surface area contributed by atoms with Crippen molar-refractivity contribution in [2.75, 3.05) is 13.1 Å². The van der Waals surface area contributed by atoms with E-state index in [1.54, 1.807) is 0 Å². The summed E-state index contributed by atoms with van der Waals surface area (Å²) >= 11 is 0. The summed E-state index contributed by atoms with van der Waals surface area (Å²) in [5, 5.41) is 8.77. The molecule has 4 heteroatoms. The van der Waals surface area contributed by atoms with E-state index in [1.807, 2.05) is 4.90 Å². The predicted molar refractivity (Wildman–Crippen MR) is 68.9 cm³/mol. The number of carbonyl (C=O) groups excluding carboxylic acids is 1. The Hall–Kier alpha value is -1.50. The summed E-state index contributed by atoms with van der Waals surface area (Å²) in [5.74, 6) is 2.04. The molecule has 1 atom stereocenters. The Morgan fingerprint density at radius 2 is 2.17 bits per heavy atom. The number of amides is 1. The molecule has 1 fully saturated rings. The molecule has 100 valence electrons. The molecule has 1 N–H and O–H groups in total. The number of unbranched alkanes of at least 4 members (excludes halogenated alkanes) is 2. The fraction of sp³-hybridized carbons (Fsp3) is 0.714. The van der Waals surface area contributed by atoms with E-state index in [0.29, 0.717) is 13.0 Å². The Labute approximate surface area is 108 Å². The maximum Gasteiger partial charge on any atom is 0.303 e. The molecule has 1 rings (SSSR count). The van der Waals surface area contributed by atoms with Gasteiger partial charge in [0.05, 0.1) is 0 Å². The first kappa shape index (κ1) is 14.6. The summed E-state index contributed by atoms with van der Waals surface area (Å²) in [6.07, 6.45) is 10.1. The first-order valence-corrected chi connectivity index (χ1v) is 6.56. The van der Waals surface area contributed by atoms with Crippen LogP contribution in [0.15, 0.2) is 0 Å². The molecule has 0 saturated carbocycles. The number of rotatable bonds is 6. The molecule has 1 heterocycles. The largest absolute Gasteiger partial charge is 0.481 e. The van der Waals surface area contributed by atoms with Crippen LogP contribution in [0.4, 0.5) is 0 Å². The highest BCUT2D eigenvalue weighted by atomic mass is 16.4. The lowest BCUT2D eigenvalue weighted by Gasteiger charge is -2.32. The second-order valence-corrected chi connectivity index (χ2v) is 4.86. The number of likely N-dealkylation sites (tertiary alicyclic amines) is 1. The topological polar surface area (TPSA) is 57.6 Å². The van der Waals surface area contributed by atoms with Gasteiger partial charge in [-0.05, 0) is 31.6 Å². The zero-order valence-corrected chi connectivity index (χ0v) is 10.7. The number of carboxylic acid groups (broad SMARTS) is 1. The molecular weight excluding hydrogens is 230 g/mol. The van der Waals surface area contributed by atoms with E-state index in [1.165, 1.54) is 0 Å².